The molecule has 3 N–H and O–H groups in total. The standard InChI is InChI=1S/C13H14N2O2/c14-11-4-5-15-12(7-11)9-17-13-3-1-2-10(6-13)8-16/h1-7,16H,8-9H2,(H2,14,15). The van der Waals surface area contributed by atoms with Gasteiger partial charge >= 0.3 is 0 Å². The average molecular weight is 230 g/mol. The van der Waals surface area contributed by atoms with Crippen molar-refractivity contribution in [2.24, 2.45) is 0 Å². The molecule has 88 valence electrons. The quantitative estimate of drug-likeness (QED) is 0.839. The molecule has 0 bridgehead atoms. The molecule has 4 nitrogen and oxygen atoms in total. The minimum atomic E-state index is 0.00767. The molecule has 2 rings (SSSR count). The molecule has 0 fully saturated rings. The van der Waals surface area contributed by atoms with Crippen molar-refractivity contribution in [1.29, 1.82) is 0 Å². The van der Waals surface area contributed by atoms with E-state index < -0.39 is 0 Å². The van der Waals surface area contributed by atoms with Gasteiger partial charge < -0.3 is 15.6 Å². The Labute approximate surface area is 99.7 Å². The van der Waals surface area contributed by atoms with Gasteiger partial charge in [0.1, 0.15) is 12.4 Å². The van der Waals surface area contributed by atoms with Crippen LogP contribution in [0.1, 0.15) is 11.3 Å². The van der Waals surface area contributed by atoms with E-state index in [2.05, 4.69) is 4.98 Å². The number of benzene rings is 1. The second kappa shape index (κ2) is 5.32. The highest BCUT2D eigenvalue weighted by Crippen LogP contribution is 2.15. The molecular formula is C13H14N2O2. The number of hydrogen-bond acceptors (Lipinski definition) is 4. The molecular weight excluding hydrogens is 216 g/mol. The van der Waals surface area contributed by atoms with Gasteiger partial charge in [-0.25, -0.2) is 0 Å². The number of nitrogens with two attached hydrogens (primary N) is 1. The van der Waals surface area contributed by atoms with Gasteiger partial charge in [0, 0.05) is 11.9 Å². The minimum Gasteiger partial charge on any atom is -0.487 e. The highest BCUT2D eigenvalue weighted by molar-refractivity contribution is 5.37. The third kappa shape index (κ3) is 3.19. The largest absolute Gasteiger partial charge is 0.487 e. The molecule has 0 aliphatic carbocycles. The first-order valence-electron chi connectivity index (χ1n) is 5.31. The summed E-state index contributed by atoms with van der Waals surface area (Å²) >= 11 is 0. The second-order valence-electron chi connectivity index (χ2n) is 3.67. The third-order valence-electron chi connectivity index (χ3n) is 2.31. The first kappa shape index (κ1) is 11.4. The highest BCUT2D eigenvalue weighted by atomic mass is 16.5. The first-order chi connectivity index (χ1) is 8.28. The van der Waals surface area contributed by atoms with E-state index in [9.17, 15) is 0 Å². The van der Waals surface area contributed by atoms with Gasteiger partial charge in [-0.1, -0.05) is 12.1 Å². The van der Waals surface area contributed by atoms with Gasteiger partial charge in [-0.05, 0) is 29.8 Å². The van der Waals surface area contributed by atoms with Crippen LogP contribution in [-0.4, -0.2) is 10.1 Å². The summed E-state index contributed by atoms with van der Waals surface area (Å²) in [6.07, 6.45) is 1.65. The van der Waals surface area contributed by atoms with E-state index in [1.807, 2.05) is 18.2 Å². The van der Waals surface area contributed by atoms with Crippen LogP contribution < -0.4 is 10.5 Å². The van der Waals surface area contributed by atoms with Crippen molar-refractivity contribution in [1.82, 2.24) is 4.98 Å². The number of ether oxygens (including phenoxy) is 1. The Morgan fingerprint density at radius 3 is 2.88 bits per heavy atom. The van der Waals surface area contributed by atoms with Crippen LogP contribution in [0.15, 0.2) is 42.6 Å². The summed E-state index contributed by atoms with van der Waals surface area (Å²) in [6, 6.07) is 10.8. The zero-order valence-corrected chi connectivity index (χ0v) is 9.34. The maximum absolute atomic E-state index is 9.00. The maximum Gasteiger partial charge on any atom is 0.130 e. The van der Waals surface area contributed by atoms with Crippen molar-refractivity contribution in [2.75, 3.05) is 5.73 Å². The van der Waals surface area contributed by atoms with Crippen molar-refractivity contribution in [3.05, 3.63) is 53.9 Å². The summed E-state index contributed by atoms with van der Waals surface area (Å²) in [5.41, 5.74) is 7.91. The Bertz CT molecular complexity index is 500. The average Bonchev–Trinajstić information content (AvgIpc) is 2.37. The Kier molecular flexibility index (Phi) is 3.57. The molecule has 0 aliphatic heterocycles. The lowest BCUT2D eigenvalue weighted by Gasteiger charge is -2.07. The Hall–Kier alpha value is -2.07. The van der Waals surface area contributed by atoms with Gasteiger partial charge in [0.25, 0.3) is 0 Å². The van der Waals surface area contributed by atoms with Crippen molar-refractivity contribution in [3.8, 4) is 5.75 Å². The number of nitrogens with zero attached hydrogens (tertiary/aromatic N) is 1. The summed E-state index contributed by atoms with van der Waals surface area (Å²) in [5.74, 6) is 0.709. The van der Waals surface area contributed by atoms with E-state index in [1.54, 1.807) is 24.4 Å². The predicted octanol–water partition coefficient (Wildman–Crippen LogP) is 1.74. The van der Waals surface area contributed by atoms with Crippen LogP contribution in [0.25, 0.3) is 0 Å². The van der Waals surface area contributed by atoms with E-state index >= 15 is 0 Å². The van der Waals surface area contributed by atoms with Gasteiger partial charge in [0.2, 0.25) is 0 Å². The number of aliphatic hydroxyl groups is 1. The monoisotopic (exact) mass is 230 g/mol. The molecule has 17 heavy (non-hydrogen) atoms. The fourth-order valence-corrected chi connectivity index (χ4v) is 1.47. The lowest BCUT2D eigenvalue weighted by molar-refractivity contribution is 0.277. The third-order valence-corrected chi connectivity index (χ3v) is 2.31. The molecule has 0 amide bonds. The topological polar surface area (TPSA) is 68.4 Å². The van der Waals surface area contributed by atoms with Crippen molar-refractivity contribution < 1.29 is 9.84 Å². The van der Waals surface area contributed by atoms with Crippen LogP contribution in [-0.2, 0) is 13.2 Å². The molecule has 1 aromatic heterocycles. The van der Waals surface area contributed by atoms with Gasteiger partial charge in [0.15, 0.2) is 0 Å². The van der Waals surface area contributed by atoms with E-state index in [1.165, 1.54) is 0 Å². The van der Waals surface area contributed by atoms with Gasteiger partial charge in [-0.15, -0.1) is 0 Å². The number of pyridine rings is 1. The Morgan fingerprint density at radius 1 is 1.24 bits per heavy atom. The van der Waals surface area contributed by atoms with Gasteiger partial charge in [-0.3, -0.25) is 4.98 Å². The maximum atomic E-state index is 9.00. The van der Waals surface area contributed by atoms with Gasteiger partial charge in [0.05, 0.1) is 12.3 Å². The van der Waals surface area contributed by atoms with Crippen molar-refractivity contribution in [3.63, 3.8) is 0 Å². The van der Waals surface area contributed by atoms with E-state index in [-0.39, 0.29) is 6.61 Å². The molecule has 1 heterocycles. The zero-order valence-electron chi connectivity index (χ0n) is 9.34. The highest BCUT2D eigenvalue weighted by Gasteiger charge is 1.99. The molecule has 0 saturated carbocycles. The fourth-order valence-electron chi connectivity index (χ4n) is 1.47. The number of hydrogen-bond donors (Lipinski definition) is 2. The number of anilines is 1. The number of rotatable bonds is 4. The molecule has 0 unspecified atom stereocenters. The number of aliphatic hydroxyl groups excluding tert-OH is 1. The predicted molar refractivity (Wildman–Crippen MR) is 65.3 cm³/mol. The molecule has 0 radical (unpaired) electrons. The smallest absolute Gasteiger partial charge is 0.130 e. The number of aromatic nitrogens is 1. The molecule has 0 spiro atoms. The van der Waals surface area contributed by atoms with Crippen LogP contribution in [0.5, 0.6) is 5.75 Å². The van der Waals surface area contributed by atoms with Crippen molar-refractivity contribution >= 4 is 5.69 Å². The Morgan fingerprint density at radius 2 is 2.12 bits per heavy atom. The molecule has 0 aliphatic rings. The van der Waals surface area contributed by atoms with Crippen LogP contribution in [0, 0.1) is 0 Å². The zero-order chi connectivity index (χ0) is 12.1. The van der Waals surface area contributed by atoms with E-state index in [0.29, 0.717) is 18.0 Å². The Balaban J connectivity index is 2.02. The molecule has 0 atom stereocenters. The first-order valence-corrected chi connectivity index (χ1v) is 5.31. The van der Waals surface area contributed by atoms with E-state index in [0.717, 1.165) is 11.3 Å². The van der Waals surface area contributed by atoms with Crippen LogP contribution in [0.4, 0.5) is 5.69 Å². The molecule has 0 saturated heterocycles. The summed E-state index contributed by atoms with van der Waals surface area (Å²) in [7, 11) is 0. The normalized spacial score (nSPS) is 10.2. The van der Waals surface area contributed by atoms with Gasteiger partial charge in [-0.2, -0.15) is 0 Å². The fraction of sp³-hybridized carbons (Fsp3) is 0.154. The van der Waals surface area contributed by atoms with Crippen LogP contribution in [0.3, 0.4) is 0 Å². The summed E-state index contributed by atoms with van der Waals surface area (Å²) in [6.45, 7) is 0.369. The lowest BCUT2D eigenvalue weighted by Crippen LogP contribution is -1.99. The second-order valence-corrected chi connectivity index (χ2v) is 3.67. The van der Waals surface area contributed by atoms with Crippen LogP contribution >= 0.6 is 0 Å². The summed E-state index contributed by atoms with van der Waals surface area (Å²) < 4.78 is 5.56. The van der Waals surface area contributed by atoms with E-state index in [4.69, 9.17) is 15.6 Å². The minimum absolute atomic E-state index is 0.00767. The SMILES string of the molecule is Nc1ccnc(COc2cccc(CO)c2)c1. The summed E-state index contributed by atoms with van der Waals surface area (Å²) in [4.78, 5) is 4.14. The van der Waals surface area contributed by atoms with Crippen molar-refractivity contribution in [2.45, 2.75) is 13.2 Å². The molecule has 2 aromatic rings. The summed E-state index contributed by atoms with van der Waals surface area (Å²) in [5, 5.41) is 9.00. The molecule has 4 heteroatoms. The lowest BCUT2D eigenvalue weighted by atomic mass is 10.2. The number of nitrogen functional groups attached to an aromatic ring is 1. The van der Waals surface area contributed by atoms with Crippen LogP contribution in [0.2, 0.25) is 0 Å². The molecule has 1 aromatic carbocycles.